The fourth-order valence-electron chi connectivity index (χ4n) is 4.12. The minimum Gasteiger partial charge on any atom is -0.492 e. The van der Waals surface area contributed by atoms with Gasteiger partial charge in [0.1, 0.15) is 25.2 Å². The molecule has 3 aromatic carbocycles. The molecule has 7 nitrogen and oxygen atoms in total. The van der Waals surface area contributed by atoms with E-state index in [4.69, 9.17) is 14.3 Å². The van der Waals surface area contributed by atoms with Gasteiger partial charge in [-0.3, -0.25) is 0 Å². The topological polar surface area (TPSA) is 82.3 Å². The number of ether oxygens (including phenoxy) is 2. The van der Waals surface area contributed by atoms with Crippen LogP contribution in [-0.2, 0) is 27.3 Å². The summed E-state index contributed by atoms with van der Waals surface area (Å²) < 4.78 is 13.4. The van der Waals surface area contributed by atoms with Crippen LogP contribution in [0.1, 0.15) is 23.6 Å². The highest BCUT2D eigenvalue weighted by Gasteiger charge is 2.17. The van der Waals surface area contributed by atoms with Crippen molar-refractivity contribution in [2.45, 2.75) is 26.0 Å². The fraction of sp³-hybridized carbons (Fsp3) is 0.241. The molecule has 0 amide bonds. The Morgan fingerprint density at radius 2 is 1.78 bits per heavy atom. The first kappa shape index (κ1) is 25.0. The number of carboxylic acid groups (broad SMARTS) is 1. The molecule has 0 spiro atoms. The quantitative estimate of drug-likeness (QED) is 0.221. The van der Waals surface area contributed by atoms with Crippen molar-refractivity contribution in [2.24, 2.45) is 5.16 Å². The number of carbonyl (C=O) groups is 1. The van der Waals surface area contributed by atoms with Crippen molar-refractivity contribution < 1.29 is 24.2 Å². The number of rotatable bonds is 12. The number of hydrogen-bond acceptors (Lipinski definition) is 5. The average molecular weight is 487 g/mol. The van der Waals surface area contributed by atoms with Crippen LogP contribution in [0.15, 0.2) is 90.2 Å². The van der Waals surface area contributed by atoms with Gasteiger partial charge in [0.25, 0.3) is 0 Å². The standard InChI is InChI=1S/C29H30N2O5/c1-3-35-27(29(32)33)19-21-9-12-25(13-10-21)36-18-17-31-16-15-23-20-24(11-14-26(23)31)28(30-34-2)22-7-5-4-6-8-22/h4-16,20,27H,3,17-19H2,1-2H3,(H,32,33)/b30-28+/t27-/m1/s1. The number of fused-ring (bicyclic) bond motifs is 1. The molecule has 0 aliphatic carbocycles. The Hall–Kier alpha value is -4.10. The van der Waals surface area contributed by atoms with Crippen LogP contribution in [0.3, 0.4) is 0 Å². The Labute approximate surface area is 210 Å². The van der Waals surface area contributed by atoms with E-state index >= 15 is 0 Å². The molecule has 1 heterocycles. The summed E-state index contributed by atoms with van der Waals surface area (Å²) in [5.41, 5.74) is 4.77. The molecule has 0 radical (unpaired) electrons. The smallest absolute Gasteiger partial charge is 0.333 e. The third kappa shape index (κ3) is 6.12. The van der Waals surface area contributed by atoms with Crippen molar-refractivity contribution in [1.29, 1.82) is 0 Å². The van der Waals surface area contributed by atoms with Gasteiger partial charge in [0.2, 0.25) is 0 Å². The van der Waals surface area contributed by atoms with Crippen LogP contribution in [0.25, 0.3) is 10.9 Å². The summed E-state index contributed by atoms with van der Waals surface area (Å²) in [6.45, 7) is 3.34. The third-order valence-corrected chi connectivity index (χ3v) is 5.86. The van der Waals surface area contributed by atoms with Gasteiger partial charge in [-0.05, 0) is 42.8 Å². The normalized spacial score (nSPS) is 12.4. The molecular weight excluding hydrogens is 456 g/mol. The minimum absolute atomic E-state index is 0.321. The van der Waals surface area contributed by atoms with E-state index in [9.17, 15) is 9.90 Å². The van der Waals surface area contributed by atoms with Crippen molar-refractivity contribution in [3.05, 3.63) is 102 Å². The molecule has 1 atom stereocenters. The lowest BCUT2D eigenvalue weighted by Crippen LogP contribution is -2.26. The summed E-state index contributed by atoms with van der Waals surface area (Å²) in [4.78, 5) is 16.4. The molecule has 0 fully saturated rings. The van der Waals surface area contributed by atoms with Crippen LogP contribution in [0, 0.1) is 0 Å². The van der Waals surface area contributed by atoms with E-state index in [0.717, 1.165) is 39.1 Å². The highest BCUT2D eigenvalue weighted by atomic mass is 16.6. The summed E-state index contributed by atoms with van der Waals surface area (Å²) >= 11 is 0. The van der Waals surface area contributed by atoms with Crippen molar-refractivity contribution in [1.82, 2.24) is 4.57 Å². The molecule has 4 aromatic rings. The molecular formula is C29H30N2O5. The second kappa shape index (κ2) is 12.0. The zero-order valence-electron chi connectivity index (χ0n) is 20.5. The monoisotopic (exact) mass is 486 g/mol. The van der Waals surface area contributed by atoms with Gasteiger partial charge in [-0.1, -0.05) is 53.7 Å². The molecule has 4 rings (SSSR count). The predicted octanol–water partition coefficient (Wildman–Crippen LogP) is 5.15. The Balaban J connectivity index is 1.39. The van der Waals surface area contributed by atoms with Crippen LogP contribution < -0.4 is 4.74 Å². The maximum atomic E-state index is 11.3. The van der Waals surface area contributed by atoms with Crippen molar-refractivity contribution in [3.8, 4) is 5.75 Å². The zero-order chi connectivity index (χ0) is 25.3. The molecule has 0 aliphatic heterocycles. The van der Waals surface area contributed by atoms with Gasteiger partial charge in [0.05, 0.1) is 6.54 Å². The minimum atomic E-state index is -0.953. The summed E-state index contributed by atoms with van der Waals surface area (Å²) in [6.07, 6.45) is 1.53. The number of aliphatic carboxylic acids is 1. The van der Waals surface area contributed by atoms with Gasteiger partial charge < -0.3 is 24.0 Å². The first-order valence-corrected chi connectivity index (χ1v) is 11.9. The van der Waals surface area contributed by atoms with E-state index < -0.39 is 12.1 Å². The lowest BCUT2D eigenvalue weighted by molar-refractivity contribution is -0.149. The third-order valence-electron chi connectivity index (χ3n) is 5.86. The van der Waals surface area contributed by atoms with Gasteiger partial charge >= 0.3 is 5.97 Å². The van der Waals surface area contributed by atoms with E-state index in [-0.39, 0.29) is 0 Å². The number of aromatic nitrogens is 1. The van der Waals surface area contributed by atoms with Gasteiger partial charge in [0.15, 0.2) is 6.10 Å². The molecule has 0 saturated heterocycles. The SMILES string of the molecule is CCO[C@H](Cc1ccc(OCCn2ccc3cc(/C(=N/OC)c4ccccc4)ccc32)cc1)C(=O)O. The van der Waals surface area contributed by atoms with Crippen LogP contribution in [0.2, 0.25) is 0 Å². The molecule has 7 heteroatoms. The lowest BCUT2D eigenvalue weighted by Gasteiger charge is -2.13. The second-order valence-corrected chi connectivity index (χ2v) is 8.25. The average Bonchev–Trinajstić information content (AvgIpc) is 3.30. The Morgan fingerprint density at radius 1 is 1.00 bits per heavy atom. The van der Waals surface area contributed by atoms with Crippen LogP contribution in [-0.4, -0.2) is 47.8 Å². The summed E-state index contributed by atoms with van der Waals surface area (Å²) in [7, 11) is 1.55. The first-order valence-electron chi connectivity index (χ1n) is 11.9. The number of benzene rings is 3. The van der Waals surface area contributed by atoms with E-state index in [1.165, 1.54) is 0 Å². The van der Waals surface area contributed by atoms with Gasteiger partial charge in [-0.25, -0.2) is 4.79 Å². The fourth-order valence-corrected chi connectivity index (χ4v) is 4.12. The first-order chi connectivity index (χ1) is 17.6. The molecule has 0 saturated carbocycles. The number of nitrogens with zero attached hydrogens (tertiary/aromatic N) is 2. The zero-order valence-corrected chi connectivity index (χ0v) is 20.5. The summed E-state index contributed by atoms with van der Waals surface area (Å²) in [5.74, 6) is -0.213. The summed E-state index contributed by atoms with van der Waals surface area (Å²) in [6, 6.07) is 25.8. The van der Waals surface area contributed by atoms with E-state index in [2.05, 4.69) is 40.2 Å². The molecule has 0 unspecified atom stereocenters. The van der Waals surface area contributed by atoms with Gasteiger partial charge in [0, 0.05) is 41.3 Å². The second-order valence-electron chi connectivity index (χ2n) is 8.25. The van der Waals surface area contributed by atoms with Crippen molar-refractivity contribution in [3.63, 3.8) is 0 Å². The number of oxime groups is 1. The largest absolute Gasteiger partial charge is 0.492 e. The van der Waals surface area contributed by atoms with Crippen LogP contribution in [0.5, 0.6) is 5.75 Å². The molecule has 1 aromatic heterocycles. The Bertz CT molecular complexity index is 1310. The van der Waals surface area contributed by atoms with Crippen molar-refractivity contribution >= 4 is 22.6 Å². The molecule has 36 heavy (non-hydrogen) atoms. The van der Waals surface area contributed by atoms with Crippen LogP contribution >= 0.6 is 0 Å². The highest BCUT2D eigenvalue weighted by Crippen LogP contribution is 2.21. The lowest BCUT2D eigenvalue weighted by atomic mass is 10.0. The van der Waals surface area contributed by atoms with Gasteiger partial charge in [-0.2, -0.15) is 0 Å². The van der Waals surface area contributed by atoms with E-state index in [1.54, 1.807) is 14.0 Å². The molecule has 1 N–H and O–H groups in total. The Kier molecular flexibility index (Phi) is 8.36. The van der Waals surface area contributed by atoms with E-state index in [0.29, 0.717) is 26.2 Å². The summed E-state index contributed by atoms with van der Waals surface area (Å²) in [5, 5.41) is 14.6. The maximum Gasteiger partial charge on any atom is 0.333 e. The van der Waals surface area contributed by atoms with Crippen molar-refractivity contribution in [2.75, 3.05) is 20.3 Å². The molecule has 0 aliphatic rings. The molecule has 186 valence electrons. The molecule has 0 bridgehead atoms. The predicted molar refractivity (Wildman–Crippen MR) is 140 cm³/mol. The van der Waals surface area contributed by atoms with Crippen LogP contribution in [0.4, 0.5) is 0 Å². The highest BCUT2D eigenvalue weighted by molar-refractivity contribution is 6.13. The van der Waals surface area contributed by atoms with Gasteiger partial charge in [-0.15, -0.1) is 0 Å². The maximum absolute atomic E-state index is 11.3. The number of carboxylic acids is 1. The Morgan fingerprint density at radius 3 is 2.47 bits per heavy atom. The number of hydrogen-bond donors (Lipinski definition) is 1. The van der Waals surface area contributed by atoms with E-state index in [1.807, 2.05) is 54.6 Å².